The van der Waals surface area contributed by atoms with Gasteiger partial charge in [-0.1, -0.05) is 37.0 Å². The summed E-state index contributed by atoms with van der Waals surface area (Å²) >= 11 is 12.2. The van der Waals surface area contributed by atoms with Gasteiger partial charge in [-0.3, -0.25) is 15.0 Å². The number of amides is 2. The number of hydrogen-bond donors (Lipinski definition) is 2. The maximum atomic E-state index is 13.3. The number of hydrogen-bond acceptors (Lipinski definition) is 5. The minimum absolute atomic E-state index is 0.00276. The first-order valence-corrected chi connectivity index (χ1v) is 11.4. The molecule has 1 saturated heterocycles. The number of carbonyl (C=O) groups is 3. The fourth-order valence-corrected chi connectivity index (χ4v) is 3.95. The third-order valence-electron chi connectivity index (χ3n) is 5.23. The van der Waals surface area contributed by atoms with E-state index < -0.39 is 23.8 Å². The van der Waals surface area contributed by atoms with E-state index in [-0.39, 0.29) is 40.5 Å². The number of carboxylic acids is 1. The number of hydrazine groups is 1. The lowest BCUT2D eigenvalue weighted by Crippen LogP contribution is -2.55. The van der Waals surface area contributed by atoms with E-state index in [1.54, 1.807) is 6.26 Å². The molecule has 3 rings (SSSR count). The third-order valence-corrected chi connectivity index (χ3v) is 5.80. The Kier molecular flexibility index (Phi) is 8.26. The van der Waals surface area contributed by atoms with Crippen LogP contribution >= 0.6 is 23.2 Å². The predicted octanol–water partition coefficient (Wildman–Crippen LogP) is 4.33. The first kappa shape index (κ1) is 24.9. The second-order valence-corrected chi connectivity index (χ2v) is 9.16. The van der Waals surface area contributed by atoms with Crippen LogP contribution in [-0.2, 0) is 19.1 Å². The van der Waals surface area contributed by atoms with Crippen molar-refractivity contribution in [2.75, 3.05) is 6.61 Å². The van der Waals surface area contributed by atoms with Crippen LogP contribution in [0.1, 0.15) is 49.9 Å². The molecular weight excluding hydrogens is 471 g/mol. The quantitative estimate of drug-likeness (QED) is 0.518. The zero-order valence-corrected chi connectivity index (χ0v) is 19.9. The van der Waals surface area contributed by atoms with Gasteiger partial charge in [0.2, 0.25) is 5.91 Å². The van der Waals surface area contributed by atoms with Crippen molar-refractivity contribution in [3.63, 3.8) is 0 Å². The van der Waals surface area contributed by atoms with Gasteiger partial charge in [0.1, 0.15) is 5.76 Å². The van der Waals surface area contributed by atoms with Crippen LogP contribution in [0.25, 0.3) is 0 Å². The van der Waals surface area contributed by atoms with Crippen LogP contribution in [0.2, 0.25) is 10.0 Å². The first-order chi connectivity index (χ1) is 15.7. The summed E-state index contributed by atoms with van der Waals surface area (Å²) in [7, 11) is 0. The van der Waals surface area contributed by atoms with Crippen molar-refractivity contribution in [2.24, 2.45) is 5.92 Å². The molecule has 1 unspecified atom stereocenters. The van der Waals surface area contributed by atoms with Crippen LogP contribution in [0, 0.1) is 5.92 Å². The minimum atomic E-state index is -1.29. The number of carbonyl (C=O) groups excluding carboxylic acids is 2. The van der Waals surface area contributed by atoms with Crippen LogP contribution in [0.5, 0.6) is 0 Å². The van der Waals surface area contributed by atoms with Crippen molar-refractivity contribution in [3.8, 4) is 0 Å². The van der Waals surface area contributed by atoms with Crippen molar-refractivity contribution in [1.82, 2.24) is 10.4 Å². The highest BCUT2D eigenvalue weighted by Gasteiger charge is 2.34. The molecule has 0 spiro atoms. The second-order valence-electron chi connectivity index (χ2n) is 8.32. The molecule has 2 aliphatic heterocycles. The molecule has 0 aliphatic carbocycles. The largest absolute Gasteiger partial charge is 0.494 e. The molecule has 1 aromatic carbocycles. The average molecular weight is 497 g/mol. The van der Waals surface area contributed by atoms with Crippen molar-refractivity contribution in [3.05, 3.63) is 57.5 Å². The second kappa shape index (κ2) is 10.9. The summed E-state index contributed by atoms with van der Waals surface area (Å²) in [5, 5.41) is 11.0. The van der Waals surface area contributed by atoms with Gasteiger partial charge in [0.15, 0.2) is 12.1 Å². The number of fused-ring (bicyclic) bond motifs is 1. The minimum Gasteiger partial charge on any atom is -0.494 e. The Labute approximate surface area is 202 Å². The Hall–Kier alpha value is -2.71. The van der Waals surface area contributed by atoms with Crippen LogP contribution in [0.3, 0.4) is 0 Å². The molecule has 2 heterocycles. The van der Waals surface area contributed by atoms with Crippen molar-refractivity contribution in [1.29, 1.82) is 0 Å². The molecule has 2 atom stereocenters. The van der Waals surface area contributed by atoms with Gasteiger partial charge in [-0.2, -0.15) is 0 Å². The van der Waals surface area contributed by atoms with E-state index in [1.807, 2.05) is 19.9 Å². The smallest absolute Gasteiger partial charge is 0.328 e. The zero-order chi connectivity index (χ0) is 24.1. The molecule has 0 saturated carbocycles. The predicted molar refractivity (Wildman–Crippen MR) is 122 cm³/mol. The average Bonchev–Trinajstić information content (AvgIpc) is 3.23. The normalized spacial score (nSPS) is 17.8. The van der Waals surface area contributed by atoms with Crippen molar-refractivity contribution >= 4 is 41.0 Å². The van der Waals surface area contributed by atoms with E-state index in [0.717, 1.165) is 22.8 Å². The number of allylic oxidation sites excluding steroid dienone is 2. The lowest BCUT2D eigenvalue weighted by Gasteiger charge is -2.30. The molecule has 0 radical (unpaired) electrons. The molecule has 0 bridgehead atoms. The number of rotatable bonds is 8. The Morgan fingerprint density at radius 2 is 2.03 bits per heavy atom. The maximum Gasteiger partial charge on any atom is 0.328 e. The summed E-state index contributed by atoms with van der Waals surface area (Å²) in [6.07, 6.45) is 4.61. The Morgan fingerprint density at radius 3 is 2.73 bits per heavy atom. The summed E-state index contributed by atoms with van der Waals surface area (Å²) < 4.78 is 11.1. The molecule has 33 heavy (non-hydrogen) atoms. The molecule has 0 aromatic heterocycles. The maximum absolute atomic E-state index is 13.3. The SMILES string of the molecule is CC(C)C[C@@H](C(=O)O)N(NC(=O)CCC1=COC2CCOC2=C1)C(=O)c1cc(Cl)ccc1Cl. The fraction of sp³-hybridized carbons (Fsp3) is 0.435. The van der Waals surface area contributed by atoms with E-state index >= 15 is 0 Å². The molecule has 10 heteroatoms. The molecule has 1 fully saturated rings. The summed E-state index contributed by atoms with van der Waals surface area (Å²) in [5.74, 6) is -1.83. The van der Waals surface area contributed by atoms with Crippen molar-refractivity contribution < 1.29 is 29.0 Å². The zero-order valence-electron chi connectivity index (χ0n) is 18.3. The van der Waals surface area contributed by atoms with Gasteiger partial charge in [0.25, 0.3) is 5.91 Å². The number of ether oxygens (including phenoxy) is 2. The van der Waals surface area contributed by atoms with E-state index in [9.17, 15) is 19.5 Å². The topological polar surface area (TPSA) is 105 Å². The molecule has 1 aromatic rings. The Morgan fingerprint density at radius 1 is 1.27 bits per heavy atom. The fourth-order valence-electron chi connectivity index (χ4n) is 3.58. The molecular formula is C23H26Cl2N2O6. The first-order valence-electron chi connectivity index (χ1n) is 10.7. The van der Waals surface area contributed by atoms with Gasteiger partial charge >= 0.3 is 5.97 Å². The number of aliphatic carboxylic acids is 1. The van der Waals surface area contributed by atoms with Gasteiger partial charge in [0, 0.05) is 17.9 Å². The molecule has 8 nitrogen and oxygen atoms in total. The lowest BCUT2D eigenvalue weighted by molar-refractivity contribution is -0.145. The molecule has 2 aliphatic rings. The van der Waals surface area contributed by atoms with Gasteiger partial charge in [-0.05, 0) is 48.6 Å². The van der Waals surface area contributed by atoms with E-state index in [4.69, 9.17) is 32.7 Å². The molecule has 2 N–H and O–H groups in total. The van der Waals surface area contributed by atoms with Gasteiger partial charge in [0.05, 0.1) is 23.5 Å². The van der Waals surface area contributed by atoms with E-state index in [1.165, 1.54) is 18.2 Å². The molecule has 178 valence electrons. The highest BCUT2D eigenvalue weighted by atomic mass is 35.5. The van der Waals surface area contributed by atoms with Crippen LogP contribution in [0.4, 0.5) is 0 Å². The number of nitrogens with zero attached hydrogens (tertiary/aromatic N) is 1. The van der Waals surface area contributed by atoms with Crippen LogP contribution in [-0.4, -0.2) is 46.7 Å². The summed E-state index contributed by atoms with van der Waals surface area (Å²) in [6.45, 7) is 4.25. The monoisotopic (exact) mass is 496 g/mol. The van der Waals surface area contributed by atoms with Gasteiger partial charge in [-0.15, -0.1) is 0 Å². The lowest BCUT2D eigenvalue weighted by atomic mass is 10.0. The highest BCUT2D eigenvalue weighted by Crippen LogP contribution is 2.28. The Bertz CT molecular complexity index is 991. The summed E-state index contributed by atoms with van der Waals surface area (Å²) in [4.78, 5) is 38.0. The standard InChI is InChI=1S/C23H26Cl2N2O6/c1-13(2)9-18(23(30)31)27(22(29)16-11-15(24)4-5-17(16)25)26-21(28)6-3-14-10-20-19(33-12-14)7-8-32-20/h4-5,10-13,18-19H,3,6-9H2,1-2H3,(H,26,28)(H,30,31)/t18-,19?/m0/s1. The number of carboxylic acid groups (broad SMARTS) is 1. The third kappa shape index (κ3) is 6.42. The molecule has 2 amide bonds. The number of benzene rings is 1. The van der Waals surface area contributed by atoms with E-state index in [2.05, 4.69) is 5.43 Å². The van der Waals surface area contributed by atoms with Gasteiger partial charge in [-0.25, -0.2) is 9.80 Å². The Balaban J connectivity index is 1.76. The summed E-state index contributed by atoms with van der Waals surface area (Å²) in [5.41, 5.74) is 3.24. The van der Waals surface area contributed by atoms with Gasteiger partial charge < -0.3 is 14.6 Å². The van der Waals surface area contributed by atoms with Crippen LogP contribution < -0.4 is 5.43 Å². The number of nitrogens with one attached hydrogen (secondary N) is 1. The number of halogens is 2. The highest BCUT2D eigenvalue weighted by molar-refractivity contribution is 6.35. The van der Waals surface area contributed by atoms with E-state index in [0.29, 0.717) is 13.0 Å². The van der Waals surface area contributed by atoms with Crippen molar-refractivity contribution in [2.45, 2.75) is 51.7 Å². The summed E-state index contributed by atoms with van der Waals surface area (Å²) in [6, 6.07) is 3.01. The van der Waals surface area contributed by atoms with Crippen LogP contribution in [0.15, 0.2) is 41.9 Å².